The molecular formula is C16H14O4. The summed E-state index contributed by atoms with van der Waals surface area (Å²) >= 11 is 0. The quantitative estimate of drug-likeness (QED) is 0.879. The number of benzene rings is 2. The summed E-state index contributed by atoms with van der Waals surface area (Å²) in [5.41, 5.74) is 1.63. The average molecular weight is 270 g/mol. The lowest BCUT2D eigenvalue weighted by Crippen LogP contribution is -2.32. The molecular weight excluding hydrogens is 256 g/mol. The topological polar surface area (TPSA) is 74.6 Å². The number of aliphatic carboxylic acids is 2. The van der Waals surface area contributed by atoms with E-state index in [1.54, 1.807) is 6.07 Å². The largest absolute Gasteiger partial charge is 0.481 e. The van der Waals surface area contributed by atoms with Gasteiger partial charge in [-0.1, -0.05) is 36.4 Å². The van der Waals surface area contributed by atoms with Crippen LogP contribution in [0.5, 0.6) is 0 Å². The molecule has 4 heteroatoms. The van der Waals surface area contributed by atoms with E-state index in [4.69, 9.17) is 0 Å². The SMILES string of the molecule is O=C(O)C1CCc2c(ccc3ccccc23)C1C(=O)O. The van der Waals surface area contributed by atoms with Crippen molar-refractivity contribution in [2.75, 3.05) is 0 Å². The second-order valence-electron chi connectivity index (χ2n) is 5.15. The highest BCUT2D eigenvalue weighted by Crippen LogP contribution is 2.39. The van der Waals surface area contributed by atoms with E-state index in [1.165, 1.54) is 0 Å². The van der Waals surface area contributed by atoms with E-state index in [2.05, 4.69) is 0 Å². The first-order valence-electron chi connectivity index (χ1n) is 6.55. The molecule has 2 unspecified atom stereocenters. The molecule has 0 aromatic heterocycles. The molecule has 0 aliphatic heterocycles. The van der Waals surface area contributed by atoms with Gasteiger partial charge in [0.2, 0.25) is 0 Å². The molecule has 20 heavy (non-hydrogen) atoms. The average Bonchev–Trinajstić information content (AvgIpc) is 2.45. The maximum absolute atomic E-state index is 11.5. The standard InChI is InChI=1S/C16H14O4/c17-15(18)13-8-7-11-10-4-2-1-3-9(10)5-6-12(11)14(13)16(19)20/h1-6,13-14H,7-8H2,(H,17,18)(H,19,20). The molecule has 0 heterocycles. The van der Waals surface area contributed by atoms with Crippen LogP contribution in [0.15, 0.2) is 36.4 Å². The van der Waals surface area contributed by atoms with Crippen molar-refractivity contribution in [1.29, 1.82) is 0 Å². The zero-order valence-electron chi connectivity index (χ0n) is 10.7. The normalized spacial score (nSPS) is 21.4. The number of fused-ring (bicyclic) bond motifs is 3. The van der Waals surface area contributed by atoms with Gasteiger partial charge in [0.1, 0.15) is 0 Å². The van der Waals surface area contributed by atoms with Gasteiger partial charge in [-0.05, 0) is 34.7 Å². The molecule has 2 N–H and O–H groups in total. The molecule has 1 aliphatic carbocycles. The van der Waals surface area contributed by atoms with E-state index in [1.807, 2.05) is 30.3 Å². The Labute approximate surface area is 115 Å². The second kappa shape index (κ2) is 4.63. The van der Waals surface area contributed by atoms with Gasteiger partial charge in [-0.3, -0.25) is 9.59 Å². The Morgan fingerprint density at radius 3 is 2.45 bits per heavy atom. The minimum Gasteiger partial charge on any atom is -0.481 e. The Kier molecular flexibility index (Phi) is 2.93. The highest BCUT2D eigenvalue weighted by Gasteiger charge is 2.39. The van der Waals surface area contributed by atoms with Crippen LogP contribution in [0, 0.1) is 5.92 Å². The first-order chi connectivity index (χ1) is 9.59. The van der Waals surface area contributed by atoms with Gasteiger partial charge in [0.05, 0.1) is 11.8 Å². The molecule has 0 amide bonds. The van der Waals surface area contributed by atoms with Crippen molar-refractivity contribution in [1.82, 2.24) is 0 Å². The summed E-state index contributed by atoms with van der Waals surface area (Å²) in [5, 5.41) is 20.7. The van der Waals surface area contributed by atoms with Gasteiger partial charge in [0.25, 0.3) is 0 Å². The van der Waals surface area contributed by atoms with Crippen molar-refractivity contribution < 1.29 is 19.8 Å². The Morgan fingerprint density at radius 1 is 1.00 bits per heavy atom. The fraction of sp³-hybridized carbons (Fsp3) is 0.250. The van der Waals surface area contributed by atoms with E-state index in [0.717, 1.165) is 16.3 Å². The number of carboxylic acids is 2. The molecule has 0 bridgehead atoms. The van der Waals surface area contributed by atoms with Crippen molar-refractivity contribution in [3.05, 3.63) is 47.5 Å². The fourth-order valence-corrected chi connectivity index (χ4v) is 3.18. The monoisotopic (exact) mass is 270 g/mol. The molecule has 0 spiro atoms. The van der Waals surface area contributed by atoms with Crippen molar-refractivity contribution in [3.8, 4) is 0 Å². The molecule has 0 saturated carbocycles. The number of carbonyl (C=O) groups is 2. The van der Waals surface area contributed by atoms with E-state index in [0.29, 0.717) is 18.4 Å². The van der Waals surface area contributed by atoms with Crippen LogP contribution in [0.1, 0.15) is 23.5 Å². The molecule has 3 rings (SSSR count). The summed E-state index contributed by atoms with van der Waals surface area (Å²) in [6.07, 6.45) is 0.977. The summed E-state index contributed by atoms with van der Waals surface area (Å²) in [6, 6.07) is 11.4. The van der Waals surface area contributed by atoms with Gasteiger partial charge in [0.15, 0.2) is 0 Å². The predicted octanol–water partition coefficient (Wildman–Crippen LogP) is 2.66. The highest BCUT2D eigenvalue weighted by atomic mass is 16.4. The summed E-state index contributed by atoms with van der Waals surface area (Å²) in [6.45, 7) is 0. The van der Waals surface area contributed by atoms with E-state index in [-0.39, 0.29) is 0 Å². The summed E-state index contributed by atoms with van der Waals surface area (Å²) in [4.78, 5) is 22.8. The van der Waals surface area contributed by atoms with Crippen molar-refractivity contribution >= 4 is 22.7 Å². The highest BCUT2D eigenvalue weighted by molar-refractivity contribution is 5.92. The summed E-state index contributed by atoms with van der Waals surface area (Å²) in [7, 11) is 0. The molecule has 0 saturated heterocycles. The number of aryl methyl sites for hydroxylation is 1. The molecule has 2 aromatic rings. The van der Waals surface area contributed by atoms with E-state index < -0.39 is 23.8 Å². The Morgan fingerprint density at radius 2 is 1.75 bits per heavy atom. The number of rotatable bonds is 2. The third kappa shape index (κ3) is 1.84. The van der Waals surface area contributed by atoms with Gasteiger partial charge < -0.3 is 10.2 Å². The molecule has 102 valence electrons. The van der Waals surface area contributed by atoms with Crippen LogP contribution >= 0.6 is 0 Å². The van der Waals surface area contributed by atoms with Crippen LogP contribution in [-0.2, 0) is 16.0 Å². The molecule has 2 atom stereocenters. The fourth-order valence-electron chi connectivity index (χ4n) is 3.18. The molecule has 1 aliphatic rings. The number of hydrogen-bond donors (Lipinski definition) is 2. The Bertz CT molecular complexity index is 705. The number of carboxylic acid groups (broad SMARTS) is 2. The summed E-state index contributed by atoms with van der Waals surface area (Å²) in [5.74, 6) is -3.90. The third-order valence-corrected chi connectivity index (χ3v) is 4.10. The van der Waals surface area contributed by atoms with Crippen LogP contribution in [0.4, 0.5) is 0 Å². The van der Waals surface area contributed by atoms with E-state index >= 15 is 0 Å². The van der Waals surface area contributed by atoms with Crippen LogP contribution in [0.25, 0.3) is 10.8 Å². The lowest BCUT2D eigenvalue weighted by molar-refractivity contribution is -0.150. The van der Waals surface area contributed by atoms with Crippen molar-refractivity contribution in [2.45, 2.75) is 18.8 Å². The van der Waals surface area contributed by atoms with Gasteiger partial charge in [-0.15, -0.1) is 0 Å². The zero-order chi connectivity index (χ0) is 14.3. The van der Waals surface area contributed by atoms with Crippen LogP contribution in [0.3, 0.4) is 0 Å². The smallest absolute Gasteiger partial charge is 0.311 e. The maximum atomic E-state index is 11.5. The molecule has 0 fully saturated rings. The van der Waals surface area contributed by atoms with Crippen LogP contribution in [0.2, 0.25) is 0 Å². The summed E-state index contributed by atoms with van der Waals surface area (Å²) < 4.78 is 0. The second-order valence-corrected chi connectivity index (χ2v) is 5.15. The van der Waals surface area contributed by atoms with Gasteiger partial charge >= 0.3 is 11.9 Å². The van der Waals surface area contributed by atoms with Gasteiger partial charge in [-0.2, -0.15) is 0 Å². The lowest BCUT2D eigenvalue weighted by Gasteiger charge is -2.29. The van der Waals surface area contributed by atoms with E-state index in [9.17, 15) is 19.8 Å². The zero-order valence-corrected chi connectivity index (χ0v) is 10.7. The molecule has 2 aromatic carbocycles. The van der Waals surface area contributed by atoms with Crippen LogP contribution < -0.4 is 0 Å². The molecule has 0 radical (unpaired) electrons. The van der Waals surface area contributed by atoms with Crippen molar-refractivity contribution in [2.24, 2.45) is 5.92 Å². The number of hydrogen-bond acceptors (Lipinski definition) is 2. The lowest BCUT2D eigenvalue weighted by atomic mass is 9.74. The Hall–Kier alpha value is -2.36. The van der Waals surface area contributed by atoms with Crippen molar-refractivity contribution in [3.63, 3.8) is 0 Å². The van der Waals surface area contributed by atoms with Gasteiger partial charge in [-0.25, -0.2) is 0 Å². The maximum Gasteiger partial charge on any atom is 0.311 e. The Balaban J connectivity index is 2.22. The molecule has 4 nitrogen and oxygen atoms in total. The minimum absolute atomic E-state index is 0.368. The van der Waals surface area contributed by atoms with Gasteiger partial charge in [0, 0.05) is 0 Å². The third-order valence-electron chi connectivity index (χ3n) is 4.10. The first kappa shape index (κ1) is 12.7. The predicted molar refractivity (Wildman–Crippen MR) is 73.8 cm³/mol. The minimum atomic E-state index is -1.06. The van der Waals surface area contributed by atoms with Crippen LogP contribution in [-0.4, -0.2) is 22.2 Å². The first-order valence-corrected chi connectivity index (χ1v) is 6.55.